The summed E-state index contributed by atoms with van der Waals surface area (Å²) in [6.07, 6.45) is 8.35. The number of urea groups is 1. The van der Waals surface area contributed by atoms with Gasteiger partial charge in [0, 0.05) is 12.0 Å². The van der Waals surface area contributed by atoms with Gasteiger partial charge in [0.05, 0.1) is 5.54 Å². The SMILES string of the molecule is CC(C)(C)OC(=O)N1CCC[C@@]1(C)/C=C/S(=O)(=O)[N-]C(=O)Nc1cc2c(c3c1CCC3)CCC2.[Na+]. The molecule has 1 aromatic carbocycles. The number of sulfonamides is 1. The van der Waals surface area contributed by atoms with Crippen LogP contribution in [0.15, 0.2) is 17.6 Å². The Morgan fingerprint density at radius 1 is 1.09 bits per heavy atom. The van der Waals surface area contributed by atoms with Crippen molar-refractivity contribution < 1.29 is 52.3 Å². The van der Waals surface area contributed by atoms with E-state index in [-0.39, 0.29) is 29.6 Å². The van der Waals surface area contributed by atoms with Crippen molar-refractivity contribution in [1.82, 2.24) is 4.90 Å². The largest absolute Gasteiger partial charge is 1.00 e. The number of likely N-dealkylation sites (tertiary alicyclic amines) is 1. The van der Waals surface area contributed by atoms with Crippen LogP contribution in [-0.2, 0) is 40.4 Å². The molecule has 35 heavy (non-hydrogen) atoms. The summed E-state index contributed by atoms with van der Waals surface area (Å²) in [4.78, 5) is 26.7. The molecule has 1 aliphatic heterocycles. The monoisotopic (exact) mass is 511 g/mol. The molecule has 2 aliphatic carbocycles. The second-order valence-corrected chi connectivity index (χ2v) is 12.1. The second-order valence-electron chi connectivity index (χ2n) is 10.7. The minimum Gasteiger partial charge on any atom is -0.444 e. The summed E-state index contributed by atoms with van der Waals surface area (Å²) in [6, 6.07) is 1.08. The topological polar surface area (TPSA) is 107 Å². The third-order valence-corrected chi connectivity index (χ3v) is 7.73. The molecule has 0 saturated carbocycles. The molecular formula is C25H34N3NaO5S. The first kappa shape index (κ1) is 28.0. The van der Waals surface area contributed by atoms with Crippen molar-refractivity contribution >= 4 is 27.8 Å². The van der Waals surface area contributed by atoms with E-state index in [0.717, 1.165) is 55.9 Å². The van der Waals surface area contributed by atoms with E-state index >= 15 is 0 Å². The van der Waals surface area contributed by atoms with Crippen molar-refractivity contribution in [3.05, 3.63) is 44.5 Å². The van der Waals surface area contributed by atoms with Gasteiger partial charge < -0.3 is 14.8 Å². The minimum absolute atomic E-state index is 0. The van der Waals surface area contributed by atoms with E-state index in [1.165, 1.54) is 27.7 Å². The zero-order valence-electron chi connectivity index (χ0n) is 21.4. The first-order valence-corrected chi connectivity index (χ1v) is 13.5. The van der Waals surface area contributed by atoms with Crippen molar-refractivity contribution in [2.45, 2.75) is 90.2 Å². The van der Waals surface area contributed by atoms with E-state index < -0.39 is 33.3 Å². The number of hydrogen-bond donors (Lipinski definition) is 1. The number of anilines is 1. The number of carbonyl (C=O) groups excluding carboxylic acids is 2. The van der Waals surface area contributed by atoms with Gasteiger partial charge in [-0.05, 0) is 113 Å². The van der Waals surface area contributed by atoms with Crippen LogP contribution >= 0.6 is 0 Å². The van der Waals surface area contributed by atoms with Gasteiger partial charge in [-0.3, -0.25) is 9.69 Å². The van der Waals surface area contributed by atoms with E-state index in [1.807, 2.05) is 6.07 Å². The fourth-order valence-electron chi connectivity index (χ4n) is 5.31. The maximum atomic E-state index is 12.6. The summed E-state index contributed by atoms with van der Waals surface area (Å²) in [7, 11) is -4.18. The molecule has 1 saturated heterocycles. The fraction of sp³-hybridized carbons (Fsp3) is 0.600. The van der Waals surface area contributed by atoms with E-state index in [9.17, 15) is 18.0 Å². The number of hydrogen-bond acceptors (Lipinski definition) is 5. The molecule has 8 nitrogen and oxygen atoms in total. The molecular weight excluding hydrogens is 477 g/mol. The molecule has 3 amide bonds. The summed E-state index contributed by atoms with van der Waals surface area (Å²) in [5.74, 6) is 0. The van der Waals surface area contributed by atoms with Crippen LogP contribution in [0.2, 0.25) is 0 Å². The Kier molecular flexibility index (Phi) is 8.36. The molecule has 0 aromatic heterocycles. The van der Waals surface area contributed by atoms with Crippen LogP contribution in [0.4, 0.5) is 15.3 Å². The quantitative estimate of drug-likeness (QED) is 0.624. The average Bonchev–Trinajstić information content (AvgIpc) is 3.43. The molecule has 1 aromatic rings. The number of amides is 3. The van der Waals surface area contributed by atoms with Gasteiger partial charge in [-0.25, -0.2) is 13.2 Å². The third kappa shape index (κ3) is 6.42. The number of aryl methyl sites for hydroxylation is 1. The molecule has 4 rings (SSSR count). The number of fused-ring (bicyclic) bond motifs is 3. The zero-order valence-corrected chi connectivity index (χ0v) is 24.3. The van der Waals surface area contributed by atoms with Gasteiger partial charge in [-0.2, -0.15) is 0 Å². The van der Waals surface area contributed by atoms with Crippen LogP contribution in [0.1, 0.15) is 75.6 Å². The smallest absolute Gasteiger partial charge is 0.444 e. The summed E-state index contributed by atoms with van der Waals surface area (Å²) >= 11 is 0. The maximum absolute atomic E-state index is 12.6. The third-order valence-electron chi connectivity index (χ3n) is 6.83. The van der Waals surface area contributed by atoms with E-state index in [0.29, 0.717) is 18.7 Å². The summed E-state index contributed by atoms with van der Waals surface area (Å²) < 4.78 is 34.1. The Balaban J connectivity index is 0.00000342. The summed E-state index contributed by atoms with van der Waals surface area (Å²) in [5, 5.41) is 3.63. The molecule has 186 valence electrons. The number of ether oxygens (including phenoxy) is 1. The van der Waals surface area contributed by atoms with Crippen LogP contribution in [0.3, 0.4) is 0 Å². The Hall–Kier alpha value is -1.55. The van der Waals surface area contributed by atoms with Crippen LogP contribution in [0, 0.1) is 0 Å². The summed E-state index contributed by atoms with van der Waals surface area (Å²) in [6.45, 7) is 7.60. The Morgan fingerprint density at radius 2 is 1.74 bits per heavy atom. The van der Waals surface area contributed by atoms with Crippen LogP contribution < -0.4 is 34.9 Å². The van der Waals surface area contributed by atoms with Gasteiger partial charge in [-0.15, -0.1) is 0 Å². The number of nitrogens with one attached hydrogen (secondary N) is 1. The predicted octanol–water partition coefficient (Wildman–Crippen LogP) is 2.21. The fourth-order valence-corrected chi connectivity index (χ4v) is 6.11. The van der Waals surface area contributed by atoms with Crippen molar-refractivity contribution in [2.24, 2.45) is 0 Å². The molecule has 3 aliphatic rings. The first-order valence-electron chi connectivity index (χ1n) is 12.0. The van der Waals surface area contributed by atoms with E-state index in [4.69, 9.17) is 4.74 Å². The molecule has 1 fully saturated rings. The molecule has 0 bridgehead atoms. The van der Waals surface area contributed by atoms with Crippen molar-refractivity contribution in [1.29, 1.82) is 0 Å². The van der Waals surface area contributed by atoms with Crippen molar-refractivity contribution in [2.75, 3.05) is 11.9 Å². The van der Waals surface area contributed by atoms with Gasteiger partial charge in [0.15, 0.2) is 16.1 Å². The predicted molar refractivity (Wildman–Crippen MR) is 132 cm³/mol. The number of nitrogens with zero attached hydrogens (tertiary/aromatic N) is 2. The molecule has 0 spiro atoms. The number of rotatable bonds is 4. The Labute approximate surface area is 230 Å². The normalized spacial score (nSPS) is 21.4. The van der Waals surface area contributed by atoms with Gasteiger partial charge in [0.25, 0.3) is 0 Å². The van der Waals surface area contributed by atoms with Crippen LogP contribution in [0.5, 0.6) is 0 Å². The standard InChI is InChI=1S/C25H35N3O5S.Na/c1-24(2,3)33-23(30)28-14-7-12-25(28,4)13-15-34(31,32)27-22(29)26-21-16-17-8-5-9-18(17)19-10-6-11-20(19)21;/h13,15-16H,5-12,14H2,1-4H3,(H2,26,27,29);/q;+1/p-1/b15-13+;/t25-;/m0./s1. The molecule has 10 heteroatoms. The molecule has 0 unspecified atom stereocenters. The minimum atomic E-state index is -4.18. The molecule has 0 radical (unpaired) electrons. The number of benzene rings is 1. The summed E-state index contributed by atoms with van der Waals surface area (Å²) in [5.41, 5.74) is 4.30. The van der Waals surface area contributed by atoms with Crippen LogP contribution in [0.25, 0.3) is 4.72 Å². The molecule has 1 N–H and O–H groups in total. The van der Waals surface area contributed by atoms with E-state index in [1.54, 1.807) is 27.7 Å². The zero-order chi connectivity index (χ0) is 24.7. The second kappa shape index (κ2) is 10.4. The molecule has 1 atom stereocenters. The van der Waals surface area contributed by atoms with Gasteiger partial charge in [0.2, 0.25) is 0 Å². The van der Waals surface area contributed by atoms with Crippen molar-refractivity contribution in [3.8, 4) is 0 Å². The Bertz CT molecular complexity index is 1140. The van der Waals surface area contributed by atoms with Gasteiger partial charge in [0.1, 0.15) is 5.60 Å². The van der Waals surface area contributed by atoms with E-state index in [2.05, 4.69) is 10.0 Å². The van der Waals surface area contributed by atoms with Gasteiger partial charge in [-0.1, -0.05) is 6.07 Å². The van der Waals surface area contributed by atoms with Crippen LogP contribution in [-0.4, -0.2) is 43.1 Å². The average molecular weight is 512 g/mol. The van der Waals surface area contributed by atoms with Crippen molar-refractivity contribution in [3.63, 3.8) is 0 Å². The first-order chi connectivity index (χ1) is 15.9. The Morgan fingerprint density at radius 3 is 2.46 bits per heavy atom. The molecule has 1 heterocycles. The maximum Gasteiger partial charge on any atom is 1.00 e. The number of carbonyl (C=O) groups is 2. The van der Waals surface area contributed by atoms with Gasteiger partial charge >= 0.3 is 35.7 Å².